The molecule has 19 heavy (non-hydrogen) atoms. The highest BCUT2D eigenvalue weighted by Crippen LogP contribution is 2.44. The van der Waals surface area contributed by atoms with Crippen molar-refractivity contribution in [2.24, 2.45) is 11.8 Å². The minimum Gasteiger partial charge on any atom is -0.387 e. The zero-order chi connectivity index (χ0) is 13.5. The van der Waals surface area contributed by atoms with Crippen molar-refractivity contribution in [3.63, 3.8) is 0 Å². The van der Waals surface area contributed by atoms with Crippen LogP contribution in [0.1, 0.15) is 45.4 Å². The molecule has 0 aromatic rings. The maximum Gasteiger partial charge on any atom is 0.234 e. The van der Waals surface area contributed by atoms with Gasteiger partial charge in [0, 0.05) is 19.1 Å². The van der Waals surface area contributed by atoms with E-state index in [1.54, 1.807) is 0 Å². The standard InChI is InChI=1S/C15H26N2O2/c1-11-2-6-13(7-3-11)16-14(18)8-17-9-15(19,10-17)12-4-5-12/h11-13,19H,2-10H2,1H3,(H,16,18). The van der Waals surface area contributed by atoms with E-state index in [0.717, 1.165) is 31.6 Å². The average molecular weight is 266 g/mol. The molecule has 0 unspecified atom stereocenters. The Morgan fingerprint density at radius 1 is 1.21 bits per heavy atom. The van der Waals surface area contributed by atoms with Gasteiger partial charge in [0.1, 0.15) is 0 Å². The molecule has 1 heterocycles. The SMILES string of the molecule is CC1CCC(NC(=O)CN2CC(O)(C3CC3)C2)CC1. The third-order valence-electron chi connectivity index (χ3n) is 5.08. The highest BCUT2D eigenvalue weighted by atomic mass is 16.3. The lowest BCUT2D eigenvalue weighted by Gasteiger charge is -2.46. The Kier molecular flexibility index (Phi) is 3.56. The lowest BCUT2D eigenvalue weighted by atomic mass is 9.87. The summed E-state index contributed by atoms with van der Waals surface area (Å²) >= 11 is 0. The van der Waals surface area contributed by atoms with Gasteiger partial charge in [0.15, 0.2) is 0 Å². The average Bonchev–Trinajstić information content (AvgIpc) is 3.14. The molecule has 0 aromatic carbocycles. The Labute approximate surface area is 115 Å². The van der Waals surface area contributed by atoms with E-state index in [4.69, 9.17) is 0 Å². The molecule has 2 saturated carbocycles. The van der Waals surface area contributed by atoms with Crippen LogP contribution in [0.15, 0.2) is 0 Å². The van der Waals surface area contributed by atoms with E-state index < -0.39 is 5.60 Å². The van der Waals surface area contributed by atoms with Crippen LogP contribution < -0.4 is 5.32 Å². The maximum atomic E-state index is 12.0. The molecule has 0 spiro atoms. The van der Waals surface area contributed by atoms with Gasteiger partial charge in [-0.2, -0.15) is 0 Å². The largest absolute Gasteiger partial charge is 0.387 e. The van der Waals surface area contributed by atoms with Crippen LogP contribution in [0.4, 0.5) is 0 Å². The van der Waals surface area contributed by atoms with Crippen LogP contribution in [0.2, 0.25) is 0 Å². The predicted molar refractivity (Wildman–Crippen MR) is 73.7 cm³/mol. The smallest absolute Gasteiger partial charge is 0.234 e. The third-order valence-corrected chi connectivity index (χ3v) is 5.08. The summed E-state index contributed by atoms with van der Waals surface area (Å²) in [5.41, 5.74) is -0.472. The fraction of sp³-hybridized carbons (Fsp3) is 0.933. The molecule has 2 N–H and O–H groups in total. The van der Waals surface area contributed by atoms with E-state index in [2.05, 4.69) is 17.1 Å². The first-order valence-corrected chi connectivity index (χ1v) is 7.79. The van der Waals surface area contributed by atoms with Crippen LogP contribution in [-0.2, 0) is 4.79 Å². The summed E-state index contributed by atoms with van der Waals surface area (Å²) in [4.78, 5) is 14.0. The van der Waals surface area contributed by atoms with Gasteiger partial charge in [0.2, 0.25) is 5.91 Å². The number of hydrogen-bond acceptors (Lipinski definition) is 3. The summed E-state index contributed by atoms with van der Waals surface area (Å²) < 4.78 is 0. The summed E-state index contributed by atoms with van der Waals surface area (Å²) in [7, 11) is 0. The van der Waals surface area contributed by atoms with Gasteiger partial charge in [-0.25, -0.2) is 0 Å². The maximum absolute atomic E-state index is 12.0. The molecule has 4 nitrogen and oxygen atoms in total. The first-order valence-electron chi connectivity index (χ1n) is 7.79. The number of likely N-dealkylation sites (tertiary alicyclic amines) is 1. The molecule has 3 aliphatic rings. The van der Waals surface area contributed by atoms with Gasteiger partial charge < -0.3 is 10.4 Å². The highest BCUT2D eigenvalue weighted by molar-refractivity contribution is 5.78. The summed E-state index contributed by atoms with van der Waals surface area (Å²) in [6, 6.07) is 0.382. The fourth-order valence-electron chi connectivity index (χ4n) is 3.60. The number of hydrogen-bond donors (Lipinski definition) is 2. The van der Waals surface area contributed by atoms with Crippen molar-refractivity contribution in [3.05, 3.63) is 0 Å². The van der Waals surface area contributed by atoms with Crippen LogP contribution in [0.3, 0.4) is 0 Å². The second-order valence-corrected chi connectivity index (χ2v) is 7.05. The summed E-state index contributed by atoms with van der Waals surface area (Å²) in [5.74, 6) is 1.46. The predicted octanol–water partition coefficient (Wildman–Crippen LogP) is 1.14. The number of nitrogens with one attached hydrogen (secondary N) is 1. The lowest BCUT2D eigenvalue weighted by molar-refractivity contribution is -0.137. The van der Waals surface area contributed by atoms with Gasteiger partial charge in [-0.3, -0.25) is 9.69 Å². The van der Waals surface area contributed by atoms with Crippen LogP contribution in [0.5, 0.6) is 0 Å². The number of carbonyl (C=O) groups is 1. The molecule has 1 saturated heterocycles. The molecule has 4 heteroatoms. The molecule has 2 aliphatic carbocycles. The highest BCUT2D eigenvalue weighted by Gasteiger charge is 2.51. The number of aliphatic hydroxyl groups is 1. The van der Waals surface area contributed by atoms with E-state index in [9.17, 15) is 9.90 Å². The molecule has 1 aliphatic heterocycles. The van der Waals surface area contributed by atoms with Crippen LogP contribution in [0, 0.1) is 11.8 Å². The van der Waals surface area contributed by atoms with Crippen molar-refractivity contribution in [1.29, 1.82) is 0 Å². The monoisotopic (exact) mass is 266 g/mol. The molecule has 3 fully saturated rings. The Bertz CT molecular complexity index is 340. The van der Waals surface area contributed by atoms with Crippen molar-refractivity contribution < 1.29 is 9.90 Å². The Balaban J connectivity index is 1.36. The van der Waals surface area contributed by atoms with Gasteiger partial charge in [0.05, 0.1) is 12.1 Å². The van der Waals surface area contributed by atoms with Gasteiger partial charge in [-0.05, 0) is 50.4 Å². The molecule has 0 bridgehead atoms. The van der Waals surface area contributed by atoms with Crippen molar-refractivity contribution in [2.45, 2.75) is 57.1 Å². The number of β-amino-alcohol motifs (C(OH)–C–C–N with tert-alkyl or cyclic N) is 1. The second-order valence-electron chi connectivity index (χ2n) is 7.05. The third kappa shape index (κ3) is 3.11. The van der Waals surface area contributed by atoms with Crippen LogP contribution in [-0.4, -0.2) is 47.2 Å². The Morgan fingerprint density at radius 3 is 2.42 bits per heavy atom. The minimum atomic E-state index is -0.472. The number of carbonyl (C=O) groups excluding carboxylic acids is 1. The van der Waals surface area contributed by atoms with Crippen LogP contribution >= 0.6 is 0 Å². The van der Waals surface area contributed by atoms with Gasteiger partial charge in [-0.15, -0.1) is 0 Å². The van der Waals surface area contributed by atoms with Gasteiger partial charge in [-0.1, -0.05) is 6.92 Å². The molecular weight excluding hydrogens is 240 g/mol. The second kappa shape index (κ2) is 5.06. The van der Waals surface area contributed by atoms with E-state index >= 15 is 0 Å². The van der Waals surface area contributed by atoms with E-state index in [1.807, 2.05) is 0 Å². The lowest BCUT2D eigenvalue weighted by Crippen LogP contribution is -2.64. The molecule has 0 atom stereocenters. The zero-order valence-corrected chi connectivity index (χ0v) is 11.9. The summed E-state index contributed by atoms with van der Waals surface area (Å²) in [5, 5.41) is 13.4. The molecule has 1 amide bonds. The molecule has 0 aromatic heterocycles. The van der Waals surface area contributed by atoms with Crippen LogP contribution in [0.25, 0.3) is 0 Å². The van der Waals surface area contributed by atoms with E-state index in [0.29, 0.717) is 31.6 Å². The topological polar surface area (TPSA) is 52.6 Å². The van der Waals surface area contributed by atoms with Gasteiger partial charge in [0.25, 0.3) is 0 Å². The first-order chi connectivity index (χ1) is 9.05. The van der Waals surface area contributed by atoms with Crippen molar-refractivity contribution >= 4 is 5.91 Å². The van der Waals surface area contributed by atoms with Crippen molar-refractivity contribution in [3.8, 4) is 0 Å². The van der Waals surface area contributed by atoms with Crippen molar-refractivity contribution in [2.75, 3.05) is 19.6 Å². The van der Waals surface area contributed by atoms with E-state index in [-0.39, 0.29) is 5.91 Å². The Hall–Kier alpha value is -0.610. The Morgan fingerprint density at radius 2 is 1.84 bits per heavy atom. The van der Waals surface area contributed by atoms with E-state index in [1.165, 1.54) is 12.8 Å². The quantitative estimate of drug-likeness (QED) is 0.802. The molecule has 0 radical (unpaired) electrons. The molecule has 108 valence electrons. The fourth-order valence-corrected chi connectivity index (χ4v) is 3.60. The zero-order valence-electron chi connectivity index (χ0n) is 11.9. The molecule has 3 rings (SSSR count). The number of nitrogens with zero attached hydrogens (tertiary/aromatic N) is 1. The first kappa shape index (κ1) is 13.4. The van der Waals surface area contributed by atoms with Gasteiger partial charge >= 0.3 is 0 Å². The summed E-state index contributed by atoms with van der Waals surface area (Å²) in [6.07, 6.45) is 7.04. The van der Waals surface area contributed by atoms with Crippen molar-refractivity contribution in [1.82, 2.24) is 10.2 Å². The minimum absolute atomic E-state index is 0.136. The normalized spacial score (nSPS) is 34.6. The molecular formula is C15H26N2O2. The number of rotatable bonds is 4. The summed E-state index contributed by atoms with van der Waals surface area (Å²) in [6.45, 7) is 4.12. The number of amides is 1.